The number of carboxylic acids is 2. The number of hydrogen-bond acceptors (Lipinski definition) is 11. The van der Waals surface area contributed by atoms with Crippen molar-refractivity contribution in [3.63, 3.8) is 0 Å². The Morgan fingerprint density at radius 2 is 1.13 bits per heavy atom. The van der Waals surface area contributed by atoms with E-state index < -0.39 is 115 Å². The van der Waals surface area contributed by atoms with Crippen molar-refractivity contribution in [2.24, 2.45) is 11.7 Å². The van der Waals surface area contributed by atoms with Crippen molar-refractivity contribution in [1.82, 2.24) is 36.8 Å². The van der Waals surface area contributed by atoms with Gasteiger partial charge in [0, 0.05) is 26.8 Å². The minimum atomic E-state index is -1.85. The smallest absolute Gasteiger partial charge is 0.305 e. The van der Waals surface area contributed by atoms with Crippen LogP contribution < -0.4 is 37.6 Å². The summed E-state index contributed by atoms with van der Waals surface area (Å²) in [5.74, 6) is -9.33. The Balaban J connectivity index is 2.42. The van der Waals surface area contributed by atoms with Crippen molar-refractivity contribution in [2.45, 2.75) is 95.5 Å². The standard InChI is InChI=1S/C42H58N8O12S/c1-24(2)18-29(38(58)47-28(37(43)57)16-17-63-5)46-34(52)23-44-41(61)33(20-27-14-10-7-11-15-27)50(4)42(62)32(19-26-12-8-6-9-13-26)49-40(60)31(22-36(55)56)48-39(59)30(21-35(53)54)45-25(3)51/h6-15,24,28-33H,16-23H2,1-5H3,(H2,43,57)(H,44,61)(H,45,51)(H,46,52)(H,47,58)(H,48,59)(H,49,60)(H,53,54)(H,55,56)/t28-,29-,30+,31+,32-,33-/m0/s1. The second-order valence-electron chi connectivity index (χ2n) is 15.1. The summed E-state index contributed by atoms with van der Waals surface area (Å²) in [5, 5.41) is 33.4. The van der Waals surface area contributed by atoms with Crippen LogP contribution in [0.1, 0.15) is 57.6 Å². The van der Waals surface area contributed by atoms with Gasteiger partial charge in [-0.3, -0.25) is 47.9 Å². The van der Waals surface area contributed by atoms with Crippen LogP contribution >= 0.6 is 11.8 Å². The monoisotopic (exact) mass is 898 g/mol. The molecule has 0 heterocycles. The summed E-state index contributed by atoms with van der Waals surface area (Å²) in [4.78, 5) is 130. The van der Waals surface area contributed by atoms with Crippen LogP contribution in [0, 0.1) is 5.92 Å². The summed E-state index contributed by atoms with van der Waals surface area (Å²) in [7, 11) is 1.30. The lowest BCUT2D eigenvalue weighted by molar-refractivity contribution is -0.144. The van der Waals surface area contributed by atoms with Gasteiger partial charge >= 0.3 is 11.9 Å². The number of hydrogen-bond donors (Lipinski definition) is 9. The third-order valence-electron chi connectivity index (χ3n) is 9.42. The molecular formula is C42H58N8O12S. The molecule has 0 radical (unpaired) electrons. The van der Waals surface area contributed by atoms with Crippen molar-refractivity contribution in [2.75, 3.05) is 25.6 Å². The molecule has 2 aromatic rings. The van der Waals surface area contributed by atoms with Gasteiger partial charge in [0.25, 0.3) is 0 Å². The van der Waals surface area contributed by atoms with Crippen LogP contribution in [0.15, 0.2) is 60.7 Å². The molecule has 20 nitrogen and oxygen atoms in total. The zero-order valence-electron chi connectivity index (χ0n) is 35.9. The number of carboxylic acid groups (broad SMARTS) is 2. The SMILES string of the molecule is CSCC[C@H](NC(=O)[C@H](CC(C)C)NC(=O)CNC(=O)[C@H](Cc1ccccc1)N(C)C(=O)[C@H](Cc1ccccc1)NC(=O)[C@@H](CC(=O)O)NC(=O)[C@@H](CC(=O)O)NC(C)=O)C(N)=O. The van der Waals surface area contributed by atoms with Crippen molar-refractivity contribution in [3.8, 4) is 0 Å². The number of thioether (sulfide) groups is 1. The number of nitrogens with one attached hydrogen (secondary N) is 6. The number of amides is 8. The number of carbonyl (C=O) groups is 10. The maximum absolute atomic E-state index is 14.5. The zero-order valence-corrected chi connectivity index (χ0v) is 36.7. The summed E-state index contributed by atoms with van der Waals surface area (Å²) in [5.41, 5.74) is 6.65. The molecule has 21 heteroatoms. The lowest BCUT2D eigenvalue weighted by atomic mass is 10.0. The van der Waals surface area contributed by atoms with Gasteiger partial charge in [0.1, 0.15) is 36.3 Å². The maximum atomic E-state index is 14.5. The van der Waals surface area contributed by atoms with Crippen molar-refractivity contribution >= 4 is 71.0 Å². The van der Waals surface area contributed by atoms with E-state index in [-0.39, 0.29) is 31.6 Å². The predicted molar refractivity (Wildman–Crippen MR) is 231 cm³/mol. The van der Waals surface area contributed by atoms with Crippen LogP contribution in [-0.4, -0.2) is 136 Å². The lowest BCUT2D eigenvalue weighted by Crippen LogP contribution is -2.60. The van der Waals surface area contributed by atoms with Crippen LogP contribution in [-0.2, 0) is 60.8 Å². The highest BCUT2D eigenvalue weighted by Gasteiger charge is 2.36. The number of primary amides is 1. The Hall–Kier alpha value is -6.51. The first-order chi connectivity index (χ1) is 29.7. The van der Waals surface area contributed by atoms with Crippen molar-refractivity contribution < 1.29 is 58.2 Å². The average Bonchev–Trinajstić information content (AvgIpc) is 3.21. The summed E-state index contributed by atoms with van der Waals surface area (Å²) < 4.78 is 0. The molecule has 0 saturated heterocycles. The normalized spacial score (nSPS) is 13.7. The second-order valence-corrected chi connectivity index (χ2v) is 16.1. The van der Waals surface area contributed by atoms with Crippen molar-refractivity contribution in [1.29, 1.82) is 0 Å². The van der Waals surface area contributed by atoms with Gasteiger partial charge in [-0.25, -0.2) is 0 Å². The number of nitrogens with zero attached hydrogens (tertiary/aromatic N) is 1. The quantitative estimate of drug-likeness (QED) is 0.0526. The van der Waals surface area contributed by atoms with Gasteiger partial charge in [-0.15, -0.1) is 0 Å². The van der Waals surface area contributed by atoms with Gasteiger partial charge < -0.3 is 52.7 Å². The molecule has 63 heavy (non-hydrogen) atoms. The number of carbonyl (C=O) groups excluding carboxylic acids is 8. The molecule has 2 aromatic carbocycles. The minimum Gasteiger partial charge on any atom is -0.481 e. The molecule has 0 spiro atoms. The summed E-state index contributed by atoms with van der Waals surface area (Å²) >= 11 is 1.46. The topological polar surface area (TPSA) is 313 Å². The zero-order chi connectivity index (χ0) is 47.2. The Labute approximate surface area is 369 Å². The highest BCUT2D eigenvalue weighted by Crippen LogP contribution is 2.14. The maximum Gasteiger partial charge on any atom is 0.305 e. The number of likely N-dealkylation sites (N-methyl/N-ethyl adjacent to an activating group) is 1. The Kier molecular flexibility index (Phi) is 22.3. The predicted octanol–water partition coefficient (Wildman–Crippen LogP) is -0.907. The molecular weight excluding hydrogens is 841 g/mol. The number of aliphatic carboxylic acids is 2. The van der Waals surface area contributed by atoms with E-state index in [1.54, 1.807) is 60.7 Å². The number of nitrogens with two attached hydrogens (primary N) is 1. The first-order valence-corrected chi connectivity index (χ1v) is 21.4. The molecule has 0 aliphatic carbocycles. The first-order valence-electron chi connectivity index (χ1n) is 20.0. The van der Waals surface area contributed by atoms with Crippen molar-refractivity contribution in [3.05, 3.63) is 71.8 Å². The molecule has 10 N–H and O–H groups in total. The lowest BCUT2D eigenvalue weighted by Gasteiger charge is -2.32. The van der Waals surface area contributed by atoms with Gasteiger partial charge in [0.15, 0.2) is 0 Å². The van der Waals surface area contributed by atoms with E-state index in [4.69, 9.17) is 5.73 Å². The fourth-order valence-electron chi connectivity index (χ4n) is 6.28. The fourth-order valence-corrected chi connectivity index (χ4v) is 6.75. The molecule has 0 aliphatic rings. The molecule has 2 rings (SSSR count). The molecule has 0 aromatic heterocycles. The van der Waals surface area contributed by atoms with Crippen LogP contribution in [0.2, 0.25) is 0 Å². The molecule has 344 valence electrons. The average molecular weight is 899 g/mol. The van der Waals surface area contributed by atoms with E-state index >= 15 is 0 Å². The fraction of sp³-hybridized carbons (Fsp3) is 0.476. The Morgan fingerprint density at radius 1 is 0.651 bits per heavy atom. The van der Waals surface area contributed by atoms with Crippen LogP contribution in [0.25, 0.3) is 0 Å². The van der Waals surface area contributed by atoms with Gasteiger partial charge in [-0.05, 0) is 41.9 Å². The van der Waals surface area contributed by atoms with Gasteiger partial charge in [-0.1, -0.05) is 74.5 Å². The highest BCUT2D eigenvalue weighted by atomic mass is 32.2. The van der Waals surface area contributed by atoms with E-state index in [2.05, 4.69) is 31.9 Å². The Morgan fingerprint density at radius 3 is 1.60 bits per heavy atom. The van der Waals surface area contributed by atoms with Crippen LogP contribution in [0.3, 0.4) is 0 Å². The van der Waals surface area contributed by atoms with E-state index in [9.17, 15) is 58.2 Å². The van der Waals surface area contributed by atoms with Crippen LogP contribution in [0.4, 0.5) is 0 Å². The van der Waals surface area contributed by atoms with E-state index in [1.807, 2.05) is 20.1 Å². The van der Waals surface area contributed by atoms with Gasteiger partial charge in [0.05, 0.1) is 19.4 Å². The van der Waals surface area contributed by atoms with E-state index in [0.717, 1.165) is 11.8 Å². The van der Waals surface area contributed by atoms with Crippen LogP contribution in [0.5, 0.6) is 0 Å². The molecule has 0 aliphatic heterocycles. The molecule has 8 amide bonds. The highest BCUT2D eigenvalue weighted by molar-refractivity contribution is 7.98. The summed E-state index contributed by atoms with van der Waals surface area (Å²) in [6.45, 7) is 4.07. The summed E-state index contributed by atoms with van der Waals surface area (Å²) in [6, 6.07) is 8.61. The second kappa shape index (κ2) is 26.7. The molecule has 0 unspecified atom stereocenters. The van der Waals surface area contributed by atoms with E-state index in [1.165, 1.54) is 18.8 Å². The largest absolute Gasteiger partial charge is 0.481 e. The Bertz CT molecular complexity index is 1900. The van der Waals surface area contributed by atoms with Gasteiger partial charge in [-0.2, -0.15) is 11.8 Å². The van der Waals surface area contributed by atoms with Gasteiger partial charge in [0.2, 0.25) is 47.3 Å². The molecule has 6 atom stereocenters. The first kappa shape index (κ1) is 52.6. The molecule has 0 fully saturated rings. The summed E-state index contributed by atoms with van der Waals surface area (Å²) in [6.07, 6.45) is 0.174. The number of benzene rings is 2. The number of rotatable bonds is 27. The molecule has 0 bridgehead atoms. The third-order valence-corrected chi connectivity index (χ3v) is 10.1. The minimum absolute atomic E-state index is 0.0682. The third kappa shape index (κ3) is 19.4. The molecule has 0 saturated carbocycles. The van der Waals surface area contributed by atoms with E-state index in [0.29, 0.717) is 16.9 Å².